The lowest BCUT2D eigenvalue weighted by molar-refractivity contribution is -0.138. The van der Waals surface area contributed by atoms with Gasteiger partial charge in [0.1, 0.15) is 5.75 Å². The SMILES string of the molecule is COc1ccc(C(=O)NC(=S)NCc2ccccc2C(F)(F)F)cc1. The maximum absolute atomic E-state index is 12.9. The molecule has 0 heterocycles. The maximum Gasteiger partial charge on any atom is 0.416 e. The number of alkyl halides is 3. The zero-order chi connectivity index (χ0) is 18.4. The smallest absolute Gasteiger partial charge is 0.416 e. The van der Waals surface area contributed by atoms with Crippen molar-refractivity contribution >= 4 is 23.2 Å². The first-order valence-corrected chi connectivity index (χ1v) is 7.60. The molecule has 132 valence electrons. The van der Waals surface area contributed by atoms with E-state index in [1.165, 1.54) is 25.3 Å². The highest BCUT2D eigenvalue weighted by Crippen LogP contribution is 2.31. The number of methoxy groups -OCH3 is 1. The van der Waals surface area contributed by atoms with Crippen LogP contribution >= 0.6 is 12.2 Å². The van der Waals surface area contributed by atoms with Crippen LogP contribution in [0, 0.1) is 0 Å². The maximum atomic E-state index is 12.9. The molecule has 25 heavy (non-hydrogen) atoms. The molecule has 0 bridgehead atoms. The third-order valence-electron chi connectivity index (χ3n) is 3.34. The number of carbonyl (C=O) groups excluding carboxylic acids is 1. The zero-order valence-electron chi connectivity index (χ0n) is 13.2. The summed E-state index contributed by atoms with van der Waals surface area (Å²) in [7, 11) is 1.51. The van der Waals surface area contributed by atoms with Crippen molar-refractivity contribution < 1.29 is 22.7 Å². The third-order valence-corrected chi connectivity index (χ3v) is 3.59. The van der Waals surface area contributed by atoms with Crippen molar-refractivity contribution in [3.63, 3.8) is 0 Å². The number of amides is 1. The number of thiocarbonyl (C=S) groups is 1. The van der Waals surface area contributed by atoms with Crippen molar-refractivity contribution in [1.82, 2.24) is 10.6 Å². The molecule has 4 nitrogen and oxygen atoms in total. The Balaban J connectivity index is 1.96. The van der Waals surface area contributed by atoms with Crippen LogP contribution in [0.4, 0.5) is 13.2 Å². The van der Waals surface area contributed by atoms with E-state index in [0.29, 0.717) is 11.3 Å². The van der Waals surface area contributed by atoms with E-state index in [-0.39, 0.29) is 17.2 Å². The quantitative estimate of drug-likeness (QED) is 0.811. The fourth-order valence-corrected chi connectivity index (χ4v) is 2.25. The summed E-state index contributed by atoms with van der Waals surface area (Å²) in [6, 6.07) is 11.5. The molecule has 0 spiro atoms. The van der Waals surface area contributed by atoms with E-state index in [1.807, 2.05) is 0 Å². The van der Waals surface area contributed by atoms with Crippen LogP contribution in [-0.4, -0.2) is 18.1 Å². The van der Waals surface area contributed by atoms with Gasteiger partial charge < -0.3 is 10.1 Å². The van der Waals surface area contributed by atoms with Gasteiger partial charge in [0.15, 0.2) is 5.11 Å². The van der Waals surface area contributed by atoms with Gasteiger partial charge in [-0.05, 0) is 48.1 Å². The van der Waals surface area contributed by atoms with Crippen LogP contribution in [0.25, 0.3) is 0 Å². The van der Waals surface area contributed by atoms with Gasteiger partial charge in [0.05, 0.1) is 12.7 Å². The average Bonchev–Trinajstić information content (AvgIpc) is 2.59. The minimum absolute atomic E-state index is 0.0380. The molecule has 0 saturated carbocycles. The normalized spacial score (nSPS) is 10.9. The molecule has 0 radical (unpaired) electrons. The van der Waals surface area contributed by atoms with E-state index in [2.05, 4.69) is 10.6 Å². The molecular formula is C17H15F3N2O2S. The summed E-state index contributed by atoms with van der Waals surface area (Å²) in [5.74, 6) is 0.130. The highest BCUT2D eigenvalue weighted by Gasteiger charge is 2.32. The summed E-state index contributed by atoms with van der Waals surface area (Å²) < 4.78 is 43.8. The number of rotatable bonds is 4. The molecule has 0 fully saturated rings. The van der Waals surface area contributed by atoms with Gasteiger partial charge in [0.25, 0.3) is 5.91 Å². The lowest BCUT2D eigenvalue weighted by atomic mass is 10.1. The topological polar surface area (TPSA) is 50.4 Å². The van der Waals surface area contributed by atoms with Crippen LogP contribution in [-0.2, 0) is 12.7 Å². The van der Waals surface area contributed by atoms with Gasteiger partial charge in [-0.1, -0.05) is 18.2 Å². The van der Waals surface area contributed by atoms with Gasteiger partial charge in [-0.15, -0.1) is 0 Å². The lowest BCUT2D eigenvalue weighted by Gasteiger charge is -2.14. The molecule has 0 aliphatic rings. The Morgan fingerprint density at radius 2 is 1.76 bits per heavy atom. The molecule has 0 aromatic heterocycles. The standard InChI is InChI=1S/C17H15F3N2O2S/c1-24-13-8-6-11(7-9-13)15(23)22-16(25)21-10-12-4-2-3-5-14(12)17(18,19)20/h2-9H,10H2,1H3,(H2,21,22,23,25). The number of halogens is 3. The van der Waals surface area contributed by atoms with Gasteiger partial charge in [-0.3, -0.25) is 10.1 Å². The van der Waals surface area contributed by atoms with Crippen LogP contribution in [0.1, 0.15) is 21.5 Å². The number of nitrogens with one attached hydrogen (secondary N) is 2. The fourth-order valence-electron chi connectivity index (χ4n) is 2.09. The number of carbonyl (C=O) groups is 1. The van der Waals surface area contributed by atoms with Gasteiger partial charge in [-0.2, -0.15) is 13.2 Å². The summed E-state index contributed by atoms with van der Waals surface area (Å²) >= 11 is 4.97. The van der Waals surface area contributed by atoms with E-state index in [4.69, 9.17) is 17.0 Å². The summed E-state index contributed by atoms with van der Waals surface area (Å²) in [5.41, 5.74) is -0.358. The molecule has 0 aliphatic heterocycles. The minimum Gasteiger partial charge on any atom is -0.497 e. The number of hydrogen-bond acceptors (Lipinski definition) is 3. The van der Waals surface area contributed by atoms with Crippen LogP contribution in [0.3, 0.4) is 0 Å². The van der Waals surface area contributed by atoms with Crippen molar-refractivity contribution in [2.45, 2.75) is 12.7 Å². The second kappa shape index (κ2) is 7.98. The fraction of sp³-hybridized carbons (Fsp3) is 0.176. The van der Waals surface area contributed by atoms with Gasteiger partial charge in [0.2, 0.25) is 0 Å². The van der Waals surface area contributed by atoms with Gasteiger partial charge in [0, 0.05) is 12.1 Å². The largest absolute Gasteiger partial charge is 0.497 e. The number of benzene rings is 2. The monoisotopic (exact) mass is 368 g/mol. The van der Waals surface area contributed by atoms with E-state index >= 15 is 0 Å². The Labute approximate surface area is 148 Å². The molecular weight excluding hydrogens is 353 g/mol. The van der Waals surface area contributed by atoms with Crippen molar-refractivity contribution in [2.75, 3.05) is 7.11 Å². The van der Waals surface area contributed by atoms with Gasteiger partial charge in [-0.25, -0.2) is 0 Å². The number of hydrogen-bond donors (Lipinski definition) is 2. The Bertz CT molecular complexity index is 761. The molecule has 2 N–H and O–H groups in total. The molecule has 8 heteroatoms. The predicted octanol–water partition coefficient (Wildman–Crippen LogP) is 3.52. The van der Waals surface area contributed by atoms with E-state index in [0.717, 1.165) is 6.07 Å². The Kier molecular flexibility index (Phi) is 5.97. The molecule has 0 atom stereocenters. The first-order chi connectivity index (χ1) is 11.8. The molecule has 0 saturated heterocycles. The van der Waals surface area contributed by atoms with Crippen molar-refractivity contribution in [2.24, 2.45) is 0 Å². The van der Waals surface area contributed by atoms with Crippen molar-refractivity contribution in [3.8, 4) is 5.75 Å². The second-order valence-electron chi connectivity index (χ2n) is 5.02. The molecule has 2 aromatic rings. The first kappa shape index (κ1) is 18.7. The second-order valence-corrected chi connectivity index (χ2v) is 5.43. The first-order valence-electron chi connectivity index (χ1n) is 7.19. The summed E-state index contributed by atoms with van der Waals surface area (Å²) in [4.78, 5) is 12.0. The highest BCUT2D eigenvalue weighted by atomic mass is 32.1. The minimum atomic E-state index is -4.45. The van der Waals surface area contributed by atoms with E-state index in [9.17, 15) is 18.0 Å². The molecule has 0 unspecified atom stereocenters. The molecule has 2 aromatic carbocycles. The summed E-state index contributed by atoms with van der Waals surface area (Å²) in [5, 5.41) is 4.97. The Morgan fingerprint density at radius 1 is 1.12 bits per heavy atom. The van der Waals surface area contributed by atoms with E-state index < -0.39 is 17.6 Å². The Morgan fingerprint density at radius 3 is 2.36 bits per heavy atom. The van der Waals surface area contributed by atoms with E-state index in [1.54, 1.807) is 24.3 Å². The van der Waals surface area contributed by atoms with Crippen LogP contribution in [0.15, 0.2) is 48.5 Å². The van der Waals surface area contributed by atoms with Crippen molar-refractivity contribution in [3.05, 3.63) is 65.2 Å². The summed E-state index contributed by atoms with van der Waals surface area (Å²) in [6.07, 6.45) is -4.45. The molecule has 0 aliphatic carbocycles. The summed E-state index contributed by atoms with van der Waals surface area (Å²) in [6.45, 7) is -0.155. The predicted molar refractivity (Wildman–Crippen MR) is 91.3 cm³/mol. The zero-order valence-corrected chi connectivity index (χ0v) is 14.0. The van der Waals surface area contributed by atoms with Crippen LogP contribution in [0.2, 0.25) is 0 Å². The highest BCUT2D eigenvalue weighted by molar-refractivity contribution is 7.80. The van der Waals surface area contributed by atoms with Gasteiger partial charge >= 0.3 is 6.18 Å². The average molecular weight is 368 g/mol. The van der Waals surface area contributed by atoms with Crippen molar-refractivity contribution in [1.29, 1.82) is 0 Å². The Hall–Kier alpha value is -2.61. The number of ether oxygens (including phenoxy) is 1. The lowest BCUT2D eigenvalue weighted by Crippen LogP contribution is -2.39. The van der Waals surface area contributed by atoms with Crippen LogP contribution < -0.4 is 15.4 Å². The van der Waals surface area contributed by atoms with Crippen LogP contribution in [0.5, 0.6) is 5.75 Å². The molecule has 1 amide bonds. The third kappa shape index (κ3) is 5.18. The molecule has 2 rings (SSSR count).